The zero-order valence-electron chi connectivity index (χ0n) is 16.9. The molecular formula is C23H24N2O5. The summed E-state index contributed by atoms with van der Waals surface area (Å²) in [5.74, 6) is -0.848. The fraction of sp³-hybridized carbons (Fsp3) is 0.391. The fourth-order valence-electron chi connectivity index (χ4n) is 4.07. The summed E-state index contributed by atoms with van der Waals surface area (Å²) in [5, 5.41) is 6.00. The number of para-hydroxylation sites is 1. The number of rotatable bonds is 5. The van der Waals surface area contributed by atoms with Crippen LogP contribution in [0, 0.1) is 0 Å². The number of hydrogen-bond acceptors (Lipinski definition) is 6. The van der Waals surface area contributed by atoms with E-state index in [1.165, 1.54) is 5.01 Å². The monoisotopic (exact) mass is 408 g/mol. The highest BCUT2D eigenvalue weighted by atomic mass is 16.8. The molecule has 7 heteroatoms. The van der Waals surface area contributed by atoms with E-state index in [2.05, 4.69) is 5.10 Å². The Bertz CT molecular complexity index is 947. The normalized spacial score (nSPS) is 29.9. The Labute approximate surface area is 175 Å². The van der Waals surface area contributed by atoms with Crippen LogP contribution in [-0.2, 0) is 30.3 Å². The van der Waals surface area contributed by atoms with Crippen LogP contribution in [0.25, 0.3) is 0 Å². The van der Waals surface area contributed by atoms with Gasteiger partial charge in [-0.25, -0.2) is 5.01 Å². The molecule has 0 aliphatic carbocycles. The minimum absolute atomic E-state index is 0.0964. The van der Waals surface area contributed by atoms with E-state index in [9.17, 15) is 4.79 Å². The Morgan fingerprint density at radius 1 is 1.07 bits per heavy atom. The van der Waals surface area contributed by atoms with Crippen LogP contribution in [0.1, 0.15) is 25.8 Å². The second kappa shape index (κ2) is 7.59. The van der Waals surface area contributed by atoms with E-state index >= 15 is 0 Å². The predicted octanol–water partition coefficient (Wildman–Crippen LogP) is 3.24. The minimum atomic E-state index is -0.752. The molecule has 30 heavy (non-hydrogen) atoms. The van der Waals surface area contributed by atoms with Gasteiger partial charge in [-0.05, 0) is 31.5 Å². The number of amides is 1. The zero-order chi connectivity index (χ0) is 20.7. The summed E-state index contributed by atoms with van der Waals surface area (Å²) in [6, 6.07) is 19.3. The highest BCUT2D eigenvalue weighted by molar-refractivity contribution is 6.14. The van der Waals surface area contributed by atoms with E-state index in [1.807, 2.05) is 74.5 Å². The molecular weight excluding hydrogens is 384 g/mol. The molecule has 5 rings (SSSR count). The first kappa shape index (κ1) is 19.4. The summed E-state index contributed by atoms with van der Waals surface area (Å²) in [7, 11) is 0. The molecule has 2 saturated heterocycles. The number of carbonyl (C=O) groups is 1. The first-order valence-corrected chi connectivity index (χ1v) is 10.1. The van der Waals surface area contributed by atoms with Crippen LogP contribution in [0.3, 0.4) is 0 Å². The first-order valence-electron chi connectivity index (χ1n) is 10.1. The maximum Gasteiger partial charge on any atom is 0.253 e. The maximum absolute atomic E-state index is 12.6. The van der Waals surface area contributed by atoms with E-state index < -0.39 is 30.4 Å². The van der Waals surface area contributed by atoms with Gasteiger partial charge in [0.2, 0.25) is 0 Å². The largest absolute Gasteiger partial charge is 0.367 e. The summed E-state index contributed by atoms with van der Waals surface area (Å²) in [4.78, 5) is 12.6. The van der Waals surface area contributed by atoms with Crippen LogP contribution in [0.2, 0.25) is 0 Å². The molecule has 0 N–H and O–H groups in total. The van der Waals surface area contributed by atoms with Crippen molar-refractivity contribution in [2.24, 2.45) is 5.10 Å². The molecule has 7 nitrogen and oxygen atoms in total. The summed E-state index contributed by atoms with van der Waals surface area (Å²) < 4.78 is 24.4. The number of hydrazone groups is 1. The topological polar surface area (TPSA) is 69.6 Å². The molecule has 3 aliphatic rings. The number of benzene rings is 2. The van der Waals surface area contributed by atoms with Gasteiger partial charge in [-0.15, -0.1) is 0 Å². The number of anilines is 1. The molecule has 0 saturated carbocycles. The van der Waals surface area contributed by atoms with E-state index in [0.717, 1.165) is 11.3 Å². The Balaban J connectivity index is 1.39. The van der Waals surface area contributed by atoms with Crippen LogP contribution in [0.5, 0.6) is 0 Å². The molecule has 2 fully saturated rings. The Hall–Kier alpha value is -2.58. The highest BCUT2D eigenvalue weighted by Gasteiger charge is 2.57. The van der Waals surface area contributed by atoms with Gasteiger partial charge in [-0.2, -0.15) is 5.10 Å². The zero-order valence-corrected chi connectivity index (χ0v) is 16.9. The lowest BCUT2D eigenvalue weighted by Gasteiger charge is -2.25. The van der Waals surface area contributed by atoms with E-state index in [1.54, 1.807) is 0 Å². The molecule has 0 aromatic heterocycles. The van der Waals surface area contributed by atoms with Crippen LogP contribution in [-0.4, -0.2) is 42.0 Å². The average molecular weight is 408 g/mol. The molecule has 0 spiro atoms. The first-order chi connectivity index (χ1) is 14.5. The number of ether oxygens (including phenoxy) is 4. The van der Waals surface area contributed by atoms with Gasteiger partial charge in [0.15, 0.2) is 12.1 Å². The van der Waals surface area contributed by atoms with Crippen LogP contribution in [0.4, 0.5) is 5.69 Å². The van der Waals surface area contributed by atoms with Gasteiger partial charge in [0, 0.05) is 0 Å². The molecule has 0 unspecified atom stereocenters. The van der Waals surface area contributed by atoms with Gasteiger partial charge in [0.1, 0.15) is 18.3 Å². The van der Waals surface area contributed by atoms with Crippen molar-refractivity contribution >= 4 is 17.3 Å². The number of fused-ring (bicyclic) bond motifs is 1. The standard InChI is InChI=1S/C23H24N2O5/c1-23(2)29-21-20(27-14-15-9-5-3-6-10-15)19(28-22(21)30-23)17-13-18(26)25(24-17)16-11-7-4-8-12-16/h3-12,19-22H,13-14H2,1-2H3/t19-,20-,21-,22-/m1/s1. The van der Waals surface area contributed by atoms with Gasteiger partial charge >= 0.3 is 0 Å². The summed E-state index contributed by atoms with van der Waals surface area (Å²) in [6.07, 6.45) is -1.73. The summed E-state index contributed by atoms with van der Waals surface area (Å²) in [6.45, 7) is 4.11. The Morgan fingerprint density at radius 2 is 1.77 bits per heavy atom. The van der Waals surface area contributed by atoms with Crippen molar-refractivity contribution in [2.45, 2.75) is 57.3 Å². The van der Waals surface area contributed by atoms with Gasteiger partial charge in [-0.1, -0.05) is 48.5 Å². The van der Waals surface area contributed by atoms with E-state index in [4.69, 9.17) is 18.9 Å². The molecule has 1 amide bonds. The third kappa shape index (κ3) is 3.65. The lowest BCUT2D eigenvalue weighted by Crippen LogP contribution is -2.40. The van der Waals surface area contributed by atoms with Crippen LogP contribution >= 0.6 is 0 Å². The molecule has 0 bridgehead atoms. The Morgan fingerprint density at radius 3 is 2.50 bits per heavy atom. The van der Waals surface area contributed by atoms with Crippen molar-refractivity contribution in [1.82, 2.24) is 0 Å². The predicted molar refractivity (Wildman–Crippen MR) is 110 cm³/mol. The van der Waals surface area contributed by atoms with E-state index in [-0.39, 0.29) is 12.3 Å². The van der Waals surface area contributed by atoms with Crippen molar-refractivity contribution in [1.29, 1.82) is 0 Å². The van der Waals surface area contributed by atoms with Crippen molar-refractivity contribution in [3.8, 4) is 0 Å². The molecule has 156 valence electrons. The van der Waals surface area contributed by atoms with Gasteiger partial charge in [0.05, 0.1) is 24.4 Å². The number of hydrogen-bond donors (Lipinski definition) is 0. The highest BCUT2D eigenvalue weighted by Crippen LogP contribution is 2.40. The number of nitrogens with zero attached hydrogens (tertiary/aromatic N) is 2. The van der Waals surface area contributed by atoms with Gasteiger partial charge in [-0.3, -0.25) is 4.79 Å². The minimum Gasteiger partial charge on any atom is -0.367 e. The average Bonchev–Trinajstić information content (AvgIpc) is 3.37. The Kier molecular flexibility index (Phi) is 4.91. The molecule has 3 aliphatic heterocycles. The molecule has 0 radical (unpaired) electrons. The van der Waals surface area contributed by atoms with Crippen molar-refractivity contribution < 1.29 is 23.7 Å². The summed E-state index contributed by atoms with van der Waals surface area (Å²) in [5.41, 5.74) is 2.40. The molecule has 2 aromatic rings. The SMILES string of the molecule is CC1(C)O[C@H]2O[C@H](C3=NN(c4ccccc4)C(=O)C3)[C@@H](OCc3ccccc3)[C@H]2O1. The lowest BCUT2D eigenvalue weighted by molar-refractivity contribution is -0.210. The molecule has 4 atom stereocenters. The van der Waals surface area contributed by atoms with Crippen molar-refractivity contribution in [3.63, 3.8) is 0 Å². The summed E-state index contributed by atoms with van der Waals surface area (Å²) >= 11 is 0. The van der Waals surface area contributed by atoms with Crippen molar-refractivity contribution in [3.05, 3.63) is 66.2 Å². The number of carbonyl (C=O) groups excluding carboxylic acids is 1. The van der Waals surface area contributed by atoms with E-state index in [0.29, 0.717) is 12.3 Å². The second-order valence-corrected chi connectivity index (χ2v) is 8.10. The van der Waals surface area contributed by atoms with Gasteiger partial charge < -0.3 is 18.9 Å². The second-order valence-electron chi connectivity index (χ2n) is 8.10. The molecule has 2 aromatic carbocycles. The third-order valence-electron chi connectivity index (χ3n) is 5.40. The maximum atomic E-state index is 12.6. The third-order valence-corrected chi connectivity index (χ3v) is 5.40. The van der Waals surface area contributed by atoms with Crippen LogP contribution in [0.15, 0.2) is 65.8 Å². The smallest absolute Gasteiger partial charge is 0.253 e. The lowest BCUT2D eigenvalue weighted by atomic mass is 10.0. The van der Waals surface area contributed by atoms with Crippen LogP contribution < -0.4 is 5.01 Å². The molecule has 3 heterocycles. The van der Waals surface area contributed by atoms with Gasteiger partial charge in [0.25, 0.3) is 5.91 Å². The fourth-order valence-corrected chi connectivity index (χ4v) is 4.07. The van der Waals surface area contributed by atoms with Crippen molar-refractivity contribution in [2.75, 3.05) is 5.01 Å². The quantitative estimate of drug-likeness (QED) is 0.760.